The molecule has 0 radical (unpaired) electrons. The summed E-state index contributed by atoms with van der Waals surface area (Å²) < 4.78 is 10.2. The molecule has 0 aromatic heterocycles. The minimum absolute atomic E-state index is 0.0747. The van der Waals surface area contributed by atoms with E-state index >= 15 is 0 Å². The smallest absolute Gasteiger partial charge is 0.306 e. The highest BCUT2D eigenvalue weighted by Crippen LogP contribution is 2.35. The molecule has 0 saturated heterocycles. The average Bonchev–Trinajstić information content (AvgIpc) is 2.35. The van der Waals surface area contributed by atoms with Crippen LogP contribution in [0.15, 0.2) is 12.1 Å². The lowest BCUT2D eigenvalue weighted by molar-refractivity contribution is -0.138. The van der Waals surface area contributed by atoms with E-state index in [1.165, 1.54) is 14.2 Å². The Morgan fingerprint density at radius 2 is 2.00 bits per heavy atom. The number of carboxylic acid groups (broad SMARTS) is 1. The third-order valence-electron chi connectivity index (χ3n) is 2.41. The van der Waals surface area contributed by atoms with Crippen LogP contribution in [0.3, 0.4) is 0 Å². The number of carboxylic acids is 1. The van der Waals surface area contributed by atoms with Crippen molar-refractivity contribution in [2.75, 3.05) is 26.1 Å². The fraction of sp³-hybridized carbons (Fsp3) is 0.417. The molecule has 0 aliphatic heterocycles. The highest BCUT2D eigenvalue weighted by Gasteiger charge is 2.13. The summed E-state index contributed by atoms with van der Waals surface area (Å²) in [5, 5.41) is 21.3. The number of methoxy groups -OCH3 is 2. The van der Waals surface area contributed by atoms with Crippen molar-refractivity contribution in [3.63, 3.8) is 0 Å². The summed E-state index contributed by atoms with van der Waals surface area (Å²) in [4.78, 5) is 10.4. The van der Waals surface area contributed by atoms with Crippen molar-refractivity contribution in [3.8, 4) is 11.5 Å². The van der Waals surface area contributed by atoms with Gasteiger partial charge in [-0.25, -0.2) is 0 Å². The number of aliphatic hydroxyl groups excluding tert-OH is 1. The van der Waals surface area contributed by atoms with Crippen LogP contribution in [0.4, 0.5) is 5.69 Å². The molecular formula is C12H16ClNO5. The van der Waals surface area contributed by atoms with Crippen molar-refractivity contribution in [2.45, 2.75) is 12.5 Å². The number of hydrogen-bond acceptors (Lipinski definition) is 5. The van der Waals surface area contributed by atoms with Gasteiger partial charge in [-0.1, -0.05) is 11.6 Å². The maximum atomic E-state index is 10.4. The summed E-state index contributed by atoms with van der Waals surface area (Å²) in [6.45, 7) is 0.0747. The fourth-order valence-corrected chi connectivity index (χ4v) is 1.74. The third-order valence-corrected chi connectivity index (χ3v) is 2.71. The minimum Gasteiger partial charge on any atom is -0.495 e. The topological polar surface area (TPSA) is 88.0 Å². The van der Waals surface area contributed by atoms with Crippen LogP contribution >= 0.6 is 11.6 Å². The molecule has 1 unspecified atom stereocenters. The highest BCUT2D eigenvalue weighted by atomic mass is 35.5. The molecule has 0 fully saturated rings. The number of aliphatic carboxylic acids is 1. The minimum atomic E-state index is -1.06. The highest BCUT2D eigenvalue weighted by molar-refractivity contribution is 6.32. The molecule has 19 heavy (non-hydrogen) atoms. The second-order valence-corrected chi connectivity index (χ2v) is 4.23. The average molecular weight is 290 g/mol. The molecule has 3 N–H and O–H groups in total. The number of hydrogen-bond donors (Lipinski definition) is 3. The van der Waals surface area contributed by atoms with Crippen molar-refractivity contribution in [1.82, 2.24) is 0 Å². The predicted octanol–water partition coefficient (Wildman–Crippen LogP) is 1.60. The molecule has 0 amide bonds. The Kier molecular flexibility index (Phi) is 5.72. The van der Waals surface area contributed by atoms with Crippen LogP contribution in [0.1, 0.15) is 6.42 Å². The van der Waals surface area contributed by atoms with Crippen LogP contribution in [0, 0.1) is 0 Å². The molecule has 6 nitrogen and oxygen atoms in total. The summed E-state index contributed by atoms with van der Waals surface area (Å²) in [6, 6.07) is 3.20. The van der Waals surface area contributed by atoms with Gasteiger partial charge in [0.2, 0.25) is 0 Å². The number of carbonyl (C=O) groups is 1. The normalized spacial score (nSPS) is 11.8. The van der Waals surface area contributed by atoms with Gasteiger partial charge in [-0.15, -0.1) is 0 Å². The Labute approximate surface area is 115 Å². The first-order valence-electron chi connectivity index (χ1n) is 5.53. The van der Waals surface area contributed by atoms with Gasteiger partial charge < -0.3 is 25.0 Å². The largest absolute Gasteiger partial charge is 0.495 e. The standard InChI is InChI=1S/C12H16ClNO5/c1-18-10-5-11(19-2)9(4-8(10)13)14-6-7(15)3-12(16)17/h4-5,7,14-15H,3,6H2,1-2H3,(H,16,17). The van der Waals surface area contributed by atoms with Crippen LogP contribution in [-0.4, -0.2) is 43.1 Å². The Morgan fingerprint density at radius 3 is 2.53 bits per heavy atom. The lowest BCUT2D eigenvalue weighted by Crippen LogP contribution is -2.22. The molecule has 1 aromatic rings. The quantitative estimate of drug-likeness (QED) is 0.707. The van der Waals surface area contributed by atoms with E-state index in [9.17, 15) is 9.90 Å². The van der Waals surface area contributed by atoms with Crippen LogP contribution in [0.2, 0.25) is 5.02 Å². The van der Waals surface area contributed by atoms with E-state index < -0.39 is 12.1 Å². The summed E-state index contributed by atoms with van der Waals surface area (Å²) >= 11 is 5.98. The van der Waals surface area contributed by atoms with Crippen molar-refractivity contribution in [3.05, 3.63) is 17.2 Å². The van der Waals surface area contributed by atoms with Crippen LogP contribution in [-0.2, 0) is 4.79 Å². The Bertz CT molecular complexity index is 452. The molecule has 0 spiro atoms. The SMILES string of the molecule is COc1cc(OC)c(NCC(O)CC(=O)O)cc1Cl. The summed E-state index contributed by atoms with van der Waals surface area (Å²) in [6.07, 6.45) is -1.33. The van der Waals surface area contributed by atoms with E-state index in [1.807, 2.05) is 0 Å². The van der Waals surface area contributed by atoms with Crippen molar-refractivity contribution in [1.29, 1.82) is 0 Å². The number of benzene rings is 1. The number of ether oxygens (including phenoxy) is 2. The maximum Gasteiger partial charge on any atom is 0.306 e. The number of nitrogens with one attached hydrogen (secondary N) is 1. The zero-order chi connectivity index (χ0) is 14.4. The molecule has 1 rings (SSSR count). The van der Waals surface area contributed by atoms with Gasteiger partial charge in [0, 0.05) is 12.6 Å². The van der Waals surface area contributed by atoms with E-state index in [2.05, 4.69) is 5.32 Å². The van der Waals surface area contributed by atoms with Crippen LogP contribution in [0.5, 0.6) is 11.5 Å². The second kappa shape index (κ2) is 7.06. The Balaban J connectivity index is 2.77. The molecule has 106 valence electrons. The number of anilines is 1. The Morgan fingerprint density at radius 1 is 1.37 bits per heavy atom. The lowest BCUT2D eigenvalue weighted by atomic mass is 10.2. The van der Waals surface area contributed by atoms with Crippen molar-refractivity contribution >= 4 is 23.3 Å². The lowest BCUT2D eigenvalue weighted by Gasteiger charge is -2.15. The van der Waals surface area contributed by atoms with Gasteiger partial charge in [0.25, 0.3) is 0 Å². The van der Waals surface area contributed by atoms with Crippen LogP contribution < -0.4 is 14.8 Å². The molecule has 0 bridgehead atoms. The van der Waals surface area contributed by atoms with E-state index in [4.69, 9.17) is 26.2 Å². The zero-order valence-corrected chi connectivity index (χ0v) is 11.4. The zero-order valence-electron chi connectivity index (χ0n) is 10.6. The van der Waals surface area contributed by atoms with Gasteiger partial charge in [0.1, 0.15) is 11.5 Å². The summed E-state index contributed by atoms with van der Waals surface area (Å²) in [7, 11) is 2.98. The van der Waals surface area contributed by atoms with Gasteiger partial charge in [-0.2, -0.15) is 0 Å². The fourth-order valence-electron chi connectivity index (χ4n) is 1.50. The van der Waals surface area contributed by atoms with Gasteiger partial charge in [0.05, 0.1) is 37.5 Å². The van der Waals surface area contributed by atoms with Gasteiger partial charge >= 0.3 is 5.97 Å². The van der Waals surface area contributed by atoms with Crippen molar-refractivity contribution in [2.24, 2.45) is 0 Å². The van der Waals surface area contributed by atoms with E-state index in [1.54, 1.807) is 12.1 Å². The first kappa shape index (κ1) is 15.4. The number of aliphatic hydroxyl groups is 1. The predicted molar refractivity (Wildman–Crippen MR) is 71.3 cm³/mol. The van der Waals surface area contributed by atoms with Gasteiger partial charge in [-0.3, -0.25) is 4.79 Å². The van der Waals surface area contributed by atoms with Crippen molar-refractivity contribution < 1.29 is 24.5 Å². The second-order valence-electron chi connectivity index (χ2n) is 3.82. The maximum absolute atomic E-state index is 10.4. The first-order valence-corrected chi connectivity index (χ1v) is 5.91. The molecule has 0 aliphatic rings. The molecule has 1 aromatic carbocycles. The molecule has 0 aliphatic carbocycles. The first-order chi connectivity index (χ1) is 8.97. The summed E-state index contributed by atoms with van der Waals surface area (Å²) in [5.74, 6) is -0.104. The van der Waals surface area contributed by atoms with E-state index in [-0.39, 0.29) is 13.0 Å². The van der Waals surface area contributed by atoms with Crippen LogP contribution in [0.25, 0.3) is 0 Å². The van der Waals surface area contributed by atoms with Gasteiger partial charge in [0.15, 0.2) is 0 Å². The number of rotatable bonds is 7. The summed E-state index contributed by atoms with van der Waals surface area (Å²) in [5.41, 5.74) is 0.553. The molecular weight excluding hydrogens is 274 g/mol. The monoisotopic (exact) mass is 289 g/mol. The molecule has 0 heterocycles. The molecule has 7 heteroatoms. The third kappa shape index (κ3) is 4.50. The Hall–Kier alpha value is -1.66. The van der Waals surface area contributed by atoms with Gasteiger partial charge in [-0.05, 0) is 6.07 Å². The van der Waals surface area contributed by atoms with E-state index in [0.717, 1.165) is 0 Å². The molecule has 0 saturated carbocycles. The van der Waals surface area contributed by atoms with E-state index in [0.29, 0.717) is 22.2 Å². The number of halogens is 1. The molecule has 1 atom stereocenters.